The standard InChI is InChI=1S/C20H26N4O6/c21-16-11-24(20(28)29-12-13-6-2-1-3-7-13)10-15(16)14(18(25)26)8-4-5-9-17-22-19(27)30-23-17/h1-3,6-7,14-16H,4-5,8-12,21H2,(H,25,26)(H,22,23,27)/t14?,15-,16+/m1/s1. The van der Waals surface area contributed by atoms with Gasteiger partial charge in [0.1, 0.15) is 6.61 Å². The Hall–Kier alpha value is -3.14. The molecule has 2 aromatic rings. The minimum absolute atomic E-state index is 0.155. The number of nitrogens with one attached hydrogen (secondary N) is 1. The van der Waals surface area contributed by atoms with Gasteiger partial charge in [0.05, 0.1) is 5.92 Å². The van der Waals surface area contributed by atoms with Gasteiger partial charge in [-0.15, -0.1) is 0 Å². The van der Waals surface area contributed by atoms with Crippen LogP contribution in [0.1, 0.15) is 30.7 Å². The summed E-state index contributed by atoms with van der Waals surface area (Å²) in [4.78, 5) is 39.1. The van der Waals surface area contributed by atoms with Gasteiger partial charge >= 0.3 is 17.8 Å². The molecule has 2 heterocycles. The third-order valence-corrected chi connectivity index (χ3v) is 5.37. The Labute approximate surface area is 173 Å². The lowest BCUT2D eigenvalue weighted by molar-refractivity contribution is -0.144. The number of benzene rings is 1. The van der Waals surface area contributed by atoms with Crippen LogP contribution in [0.5, 0.6) is 0 Å². The zero-order chi connectivity index (χ0) is 21.5. The number of aromatic nitrogens is 2. The Morgan fingerprint density at radius 3 is 2.73 bits per heavy atom. The van der Waals surface area contributed by atoms with E-state index in [4.69, 9.17) is 10.5 Å². The molecule has 1 aliphatic rings. The van der Waals surface area contributed by atoms with Crippen molar-refractivity contribution < 1.29 is 24.0 Å². The molecule has 0 aliphatic carbocycles. The van der Waals surface area contributed by atoms with Gasteiger partial charge < -0.3 is 20.5 Å². The van der Waals surface area contributed by atoms with Crippen molar-refractivity contribution in [3.63, 3.8) is 0 Å². The van der Waals surface area contributed by atoms with Crippen molar-refractivity contribution in [2.24, 2.45) is 17.6 Å². The van der Waals surface area contributed by atoms with Crippen LogP contribution in [0.4, 0.5) is 4.79 Å². The lowest BCUT2D eigenvalue weighted by Crippen LogP contribution is -2.37. The quantitative estimate of drug-likeness (QED) is 0.516. The molecule has 0 radical (unpaired) electrons. The molecule has 3 atom stereocenters. The van der Waals surface area contributed by atoms with E-state index < -0.39 is 29.8 Å². The second-order valence-corrected chi connectivity index (χ2v) is 7.51. The van der Waals surface area contributed by atoms with E-state index in [0.29, 0.717) is 31.5 Å². The van der Waals surface area contributed by atoms with E-state index in [2.05, 4.69) is 14.7 Å². The molecule has 10 nitrogen and oxygen atoms in total. The summed E-state index contributed by atoms with van der Waals surface area (Å²) < 4.78 is 9.78. The maximum Gasteiger partial charge on any atom is 0.438 e. The van der Waals surface area contributed by atoms with Gasteiger partial charge in [-0.1, -0.05) is 41.9 Å². The van der Waals surface area contributed by atoms with Crippen LogP contribution in [-0.2, 0) is 22.6 Å². The molecule has 1 aromatic heterocycles. The number of carbonyl (C=O) groups excluding carboxylic acids is 1. The highest BCUT2D eigenvalue weighted by Gasteiger charge is 2.41. The number of aryl methyl sites for hydroxylation is 1. The monoisotopic (exact) mass is 418 g/mol. The Morgan fingerprint density at radius 1 is 1.30 bits per heavy atom. The highest BCUT2D eigenvalue weighted by molar-refractivity contribution is 5.72. The van der Waals surface area contributed by atoms with E-state index in [-0.39, 0.29) is 25.6 Å². The van der Waals surface area contributed by atoms with Gasteiger partial charge in [-0.25, -0.2) is 9.59 Å². The second kappa shape index (κ2) is 10.1. The van der Waals surface area contributed by atoms with Crippen LogP contribution in [0.3, 0.4) is 0 Å². The first-order chi connectivity index (χ1) is 14.4. The van der Waals surface area contributed by atoms with Crippen LogP contribution < -0.4 is 11.5 Å². The maximum absolute atomic E-state index is 12.4. The van der Waals surface area contributed by atoms with Crippen molar-refractivity contribution in [3.8, 4) is 0 Å². The van der Waals surface area contributed by atoms with Gasteiger partial charge in [0.25, 0.3) is 0 Å². The lowest BCUT2D eigenvalue weighted by Gasteiger charge is -2.22. The number of amides is 1. The normalized spacial score (nSPS) is 19.6. The van der Waals surface area contributed by atoms with Gasteiger partial charge in [0, 0.05) is 31.5 Å². The third-order valence-electron chi connectivity index (χ3n) is 5.37. The highest BCUT2D eigenvalue weighted by atomic mass is 16.6. The molecule has 0 bridgehead atoms. The number of likely N-dealkylation sites (tertiary alicyclic amines) is 1. The van der Waals surface area contributed by atoms with E-state index in [1.54, 1.807) is 0 Å². The van der Waals surface area contributed by atoms with E-state index in [1.165, 1.54) is 4.90 Å². The number of H-pyrrole nitrogens is 1. The maximum atomic E-state index is 12.4. The predicted molar refractivity (Wildman–Crippen MR) is 105 cm³/mol. The number of carboxylic acids is 1. The SMILES string of the molecule is N[C@H]1CN(C(=O)OCc2ccccc2)C[C@@H]1C(CCCCc1noc(=O)[nH]1)C(=O)O. The van der Waals surface area contributed by atoms with Crippen molar-refractivity contribution in [2.45, 2.75) is 38.3 Å². The Kier molecular flexibility index (Phi) is 7.23. The van der Waals surface area contributed by atoms with Crippen LogP contribution in [-0.4, -0.2) is 51.3 Å². The second-order valence-electron chi connectivity index (χ2n) is 7.51. The first-order valence-corrected chi connectivity index (χ1v) is 9.93. The molecule has 1 amide bonds. The Bertz CT molecular complexity index is 896. The van der Waals surface area contributed by atoms with Crippen molar-refractivity contribution >= 4 is 12.1 Å². The Morgan fingerprint density at radius 2 is 2.07 bits per heavy atom. The molecular weight excluding hydrogens is 392 g/mol. The number of carboxylic acid groups (broad SMARTS) is 1. The largest absolute Gasteiger partial charge is 0.481 e. The number of unbranched alkanes of at least 4 members (excludes halogenated alkanes) is 1. The van der Waals surface area contributed by atoms with Gasteiger partial charge in [0.2, 0.25) is 0 Å². The Balaban J connectivity index is 1.48. The van der Waals surface area contributed by atoms with Crippen LogP contribution in [0.15, 0.2) is 39.6 Å². The topological polar surface area (TPSA) is 152 Å². The average molecular weight is 418 g/mol. The fourth-order valence-electron chi connectivity index (χ4n) is 3.79. The number of carbonyl (C=O) groups is 2. The number of hydrogen-bond donors (Lipinski definition) is 3. The number of nitrogens with zero attached hydrogens (tertiary/aromatic N) is 2. The smallest absolute Gasteiger partial charge is 0.438 e. The van der Waals surface area contributed by atoms with Gasteiger partial charge in [-0.3, -0.25) is 14.3 Å². The minimum Gasteiger partial charge on any atom is -0.481 e. The number of ether oxygens (including phenoxy) is 1. The van der Waals surface area contributed by atoms with Crippen molar-refractivity contribution in [3.05, 3.63) is 52.3 Å². The minimum atomic E-state index is -0.926. The molecule has 30 heavy (non-hydrogen) atoms. The van der Waals surface area contributed by atoms with Crippen LogP contribution in [0, 0.1) is 11.8 Å². The number of aliphatic carboxylic acids is 1. The molecule has 4 N–H and O–H groups in total. The number of rotatable bonds is 9. The van der Waals surface area contributed by atoms with Gasteiger partial charge in [0.15, 0.2) is 5.82 Å². The van der Waals surface area contributed by atoms with Crippen LogP contribution >= 0.6 is 0 Å². The molecule has 1 fully saturated rings. The van der Waals surface area contributed by atoms with Gasteiger partial charge in [-0.2, -0.15) is 0 Å². The summed E-state index contributed by atoms with van der Waals surface area (Å²) in [7, 11) is 0. The summed E-state index contributed by atoms with van der Waals surface area (Å²) in [6.45, 7) is 0.674. The first kappa shape index (κ1) is 21.6. The fraction of sp³-hybridized carbons (Fsp3) is 0.500. The molecule has 1 aliphatic heterocycles. The van der Waals surface area contributed by atoms with Crippen molar-refractivity contribution in [2.75, 3.05) is 13.1 Å². The zero-order valence-corrected chi connectivity index (χ0v) is 16.5. The molecule has 1 unspecified atom stereocenters. The molecule has 10 heteroatoms. The average Bonchev–Trinajstić information content (AvgIpc) is 3.32. The number of aromatic amines is 1. The highest BCUT2D eigenvalue weighted by Crippen LogP contribution is 2.28. The van der Waals surface area contributed by atoms with E-state index >= 15 is 0 Å². The molecule has 162 valence electrons. The molecular formula is C20H26N4O6. The van der Waals surface area contributed by atoms with E-state index in [1.807, 2.05) is 30.3 Å². The lowest BCUT2D eigenvalue weighted by atomic mass is 9.85. The first-order valence-electron chi connectivity index (χ1n) is 9.93. The van der Waals surface area contributed by atoms with Gasteiger partial charge in [-0.05, 0) is 18.4 Å². The molecule has 0 saturated carbocycles. The van der Waals surface area contributed by atoms with E-state index in [0.717, 1.165) is 5.56 Å². The fourth-order valence-corrected chi connectivity index (χ4v) is 3.79. The van der Waals surface area contributed by atoms with Crippen LogP contribution in [0.2, 0.25) is 0 Å². The molecule has 0 spiro atoms. The summed E-state index contributed by atoms with van der Waals surface area (Å²) in [5, 5.41) is 13.3. The predicted octanol–water partition coefficient (Wildman–Crippen LogP) is 1.37. The van der Waals surface area contributed by atoms with Crippen molar-refractivity contribution in [1.29, 1.82) is 0 Å². The summed E-state index contributed by atoms with van der Waals surface area (Å²) in [5.41, 5.74) is 7.05. The number of nitrogens with two attached hydrogens (primary N) is 1. The van der Waals surface area contributed by atoms with Crippen molar-refractivity contribution in [1.82, 2.24) is 15.0 Å². The molecule has 1 saturated heterocycles. The van der Waals surface area contributed by atoms with Crippen LogP contribution in [0.25, 0.3) is 0 Å². The number of hydrogen-bond acceptors (Lipinski definition) is 7. The summed E-state index contributed by atoms with van der Waals surface area (Å²) in [6.07, 6.45) is 1.69. The zero-order valence-electron chi connectivity index (χ0n) is 16.5. The third kappa shape index (κ3) is 5.69. The molecule has 1 aromatic carbocycles. The van der Waals surface area contributed by atoms with E-state index in [9.17, 15) is 19.5 Å². The molecule has 3 rings (SSSR count). The summed E-state index contributed by atoms with van der Waals surface area (Å²) >= 11 is 0. The summed E-state index contributed by atoms with van der Waals surface area (Å²) in [5.74, 6) is -2.10. The summed E-state index contributed by atoms with van der Waals surface area (Å²) in [6, 6.07) is 8.90.